The van der Waals surface area contributed by atoms with Gasteiger partial charge < -0.3 is 4.74 Å². The Morgan fingerprint density at radius 2 is 1.62 bits per heavy atom. The molecular formula is C15H11Br2F3N2O2. The van der Waals surface area contributed by atoms with E-state index >= 15 is 0 Å². The van der Waals surface area contributed by atoms with Crippen molar-refractivity contribution in [1.29, 1.82) is 0 Å². The molecule has 1 amide bonds. The quantitative estimate of drug-likeness (QED) is 0.614. The molecule has 0 aromatic heterocycles. The second-order valence-electron chi connectivity index (χ2n) is 4.60. The van der Waals surface area contributed by atoms with Crippen LogP contribution in [0.15, 0.2) is 51.4 Å². The molecule has 0 fully saturated rings. The minimum Gasteiger partial charge on any atom is -0.484 e. The summed E-state index contributed by atoms with van der Waals surface area (Å²) in [5, 5.41) is 0. The van der Waals surface area contributed by atoms with Gasteiger partial charge in [-0.15, -0.1) is 0 Å². The Morgan fingerprint density at radius 3 is 2.17 bits per heavy atom. The Morgan fingerprint density at radius 1 is 1.04 bits per heavy atom. The highest BCUT2D eigenvalue weighted by atomic mass is 79.9. The van der Waals surface area contributed by atoms with Crippen molar-refractivity contribution in [3.8, 4) is 5.75 Å². The fourth-order valence-corrected chi connectivity index (χ4v) is 2.87. The molecule has 0 aliphatic heterocycles. The van der Waals surface area contributed by atoms with Gasteiger partial charge in [-0.2, -0.15) is 13.2 Å². The van der Waals surface area contributed by atoms with Crippen LogP contribution in [0.1, 0.15) is 10.4 Å². The molecule has 0 heterocycles. The maximum absolute atomic E-state index is 12.1. The number of halogens is 5. The number of hydrogen-bond donors (Lipinski definition) is 2. The topological polar surface area (TPSA) is 50.4 Å². The number of hydrazine groups is 1. The second-order valence-corrected chi connectivity index (χ2v) is 6.31. The highest BCUT2D eigenvalue weighted by Gasteiger charge is 2.28. The second kappa shape index (κ2) is 7.89. The molecule has 0 unspecified atom stereocenters. The normalized spacial score (nSPS) is 11.0. The number of ether oxygens (including phenoxy) is 1. The first-order valence-electron chi connectivity index (χ1n) is 6.56. The summed E-state index contributed by atoms with van der Waals surface area (Å²) in [6, 6.07) is 10.8. The van der Waals surface area contributed by atoms with Crippen molar-refractivity contribution in [2.75, 3.05) is 12.0 Å². The standard InChI is InChI=1S/C15H11Br2F3N2O2/c16-11-2-1-3-12(17)13(11)21-22-14(23)9-4-6-10(7-5-9)24-8-15(18,19)20/h1-7,21H,8H2,(H,22,23). The van der Waals surface area contributed by atoms with Crippen molar-refractivity contribution in [1.82, 2.24) is 5.43 Å². The van der Waals surface area contributed by atoms with Gasteiger partial charge in [-0.1, -0.05) is 6.07 Å². The number of para-hydroxylation sites is 1. The SMILES string of the molecule is O=C(NNc1c(Br)cccc1Br)c1ccc(OCC(F)(F)F)cc1. The number of benzene rings is 2. The molecule has 2 N–H and O–H groups in total. The molecule has 0 bridgehead atoms. The Labute approximate surface area is 152 Å². The van der Waals surface area contributed by atoms with Crippen LogP contribution in [0.3, 0.4) is 0 Å². The molecule has 2 rings (SSSR count). The molecule has 9 heteroatoms. The van der Waals surface area contributed by atoms with Crippen LogP contribution in [0.2, 0.25) is 0 Å². The average Bonchev–Trinajstić information content (AvgIpc) is 2.52. The minimum atomic E-state index is -4.41. The largest absolute Gasteiger partial charge is 0.484 e. The number of hydrogen-bond acceptors (Lipinski definition) is 3. The minimum absolute atomic E-state index is 0.0328. The van der Waals surface area contributed by atoms with Gasteiger partial charge in [0.05, 0.1) is 5.69 Å². The molecule has 0 spiro atoms. The first-order chi connectivity index (χ1) is 11.3. The van der Waals surface area contributed by atoms with E-state index in [0.717, 1.165) is 8.95 Å². The van der Waals surface area contributed by atoms with Crippen molar-refractivity contribution < 1.29 is 22.7 Å². The molecule has 4 nitrogen and oxygen atoms in total. The Kier molecular flexibility index (Phi) is 6.11. The molecule has 0 radical (unpaired) electrons. The van der Waals surface area contributed by atoms with Crippen LogP contribution < -0.4 is 15.6 Å². The van der Waals surface area contributed by atoms with Gasteiger partial charge in [-0.05, 0) is 68.3 Å². The third kappa shape index (κ3) is 5.41. The summed E-state index contributed by atoms with van der Waals surface area (Å²) < 4.78 is 42.3. The summed E-state index contributed by atoms with van der Waals surface area (Å²) in [5.41, 5.74) is 6.17. The molecule has 0 saturated carbocycles. The van der Waals surface area contributed by atoms with Crippen molar-refractivity contribution in [3.63, 3.8) is 0 Å². The van der Waals surface area contributed by atoms with E-state index in [-0.39, 0.29) is 11.3 Å². The van der Waals surface area contributed by atoms with E-state index in [2.05, 4.69) is 47.4 Å². The number of rotatable bonds is 5. The van der Waals surface area contributed by atoms with E-state index in [1.807, 2.05) is 6.07 Å². The number of nitrogens with one attached hydrogen (secondary N) is 2. The Balaban J connectivity index is 1.95. The number of carbonyl (C=O) groups excluding carboxylic acids is 1. The van der Waals surface area contributed by atoms with E-state index in [0.29, 0.717) is 5.69 Å². The van der Waals surface area contributed by atoms with E-state index in [9.17, 15) is 18.0 Å². The maximum atomic E-state index is 12.1. The average molecular weight is 468 g/mol. The molecule has 0 aliphatic rings. The molecule has 0 saturated heterocycles. The number of anilines is 1. The van der Waals surface area contributed by atoms with Crippen LogP contribution in [0, 0.1) is 0 Å². The van der Waals surface area contributed by atoms with E-state index in [1.165, 1.54) is 24.3 Å². The first kappa shape index (κ1) is 18.6. The van der Waals surface area contributed by atoms with Gasteiger partial charge in [0, 0.05) is 14.5 Å². The zero-order chi connectivity index (χ0) is 17.7. The van der Waals surface area contributed by atoms with Gasteiger partial charge in [0.1, 0.15) is 5.75 Å². The fourth-order valence-electron chi connectivity index (χ4n) is 1.68. The van der Waals surface area contributed by atoms with Crippen LogP contribution in [-0.2, 0) is 0 Å². The predicted molar refractivity (Wildman–Crippen MR) is 90.9 cm³/mol. The highest BCUT2D eigenvalue weighted by Crippen LogP contribution is 2.29. The number of amides is 1. The van der Waals surface area contributed by atoms with Gasteiger partial charge in [-0.3, -0.25) is 15.6 Å². The molecule has 24 heavy (non-hydrogen) atoms. The maximum Gasteiger partial charge on any atom is 0.422 e. The lowest BCUT2D eigenvalue weighted by atomic mass is 10.2. The van der Waals surface area contributed by atoms with Gasteiger partial charge in [0.15, 0.2) is 6.61 Å². The first-order valence-corrected chi connectivity index (χ1v) is 8.15. The lowest BCUT2D eigenvalue weighted by molar-refractivity contribution is -0.153. The lowest BCUT2D eigenvalue weighted by Gasteiger charge is -2.12. The van der Waals surface area contributed by atoms with Crippen LogP contribution in [-0.4, -0.2) is 18.7 Å². The summed E-state index contributed by atoms with van der Waals surface area (Å²) in [5.74, 6) is -0.412. The zero-order valence-corrected chi connectivity index (χ0v) is 15.1. The van der Waals surface area contributed by atoms with Crippen LogP contribution >= 0.6 is 31.9 Å². The monoisotopic (exact) mass is 466 g/mol. The fraction of sp³-hybridized carbons (Fsp3) is 0.133. The summed E-state index contributed by atoms with van der Waals surface area (Å²) in [7, 11) is 0. The van der Waals surface area contributed by atoms with Crippen molar-refractivity contribution in [3.05, 3.63) is 57.0 Å². The molecule has 128 valence electrons. The van der Waals surface area contributed by atoms with Gasteiger partial charge >= 0.3 is 6.18 Å². The molecule has 2 aromatic carbocycles. The van der Waals surface area contributed by atoms with Crippen LogP contribution in [0.4, 0.5) is 18.9 Å². The van der Waals surface area contributed by atoms with Crippen molar-refractivity contribution in [2.24, 2.45) is 0 Å². The van der Waals surface area contributed by atoms with Gasteiger partial charge in [-0.25, -0.2) is 0 Å². The molecule has 0 atom stereocenters. The Bertz CT molecular complexity index is 701. The van der Waals surface area contributed by atoms with E-state index < -0.39 is 18.7 Å². The van der Waals surface area contributed by atoms with E-state index in [4.69, 9.17) is 0 Å². The Hall–Kier alpha value is -1.74. The molecule has 2 aromatic rings. The smallest absolute Gasteiger partial charge is 0.422 e. The summed E-state index contributed by atoms with van der Waals surface area (Å²) in [6.45, 7) is -1.38. The number of alkyl halides is 3. The summed E-state index contributed by atoms with van der Waals surface area (Å²) in [6.07, 6.45) is -4.41. The highest BCUT2D eigenvalue weighted by molar-refractivity contribution is 9.11. The molecule has 0 aliphatic carbocycles. The van der Waals surface area contributed by atoms with Crippen LogP contribution in [0.25, 0.3) is 0 Å². The third-order valence-electron chi connectivity index (χ3n) is 2.78. The van der Waals surface area contributed by atoms with Crippen molar-refractivity contribution >= 4 is 43.5 Å². The lowest BCUT2D eigenvalue weighted by Crippen LogP contribution is -2.29. The van der Waals surface area contributed by atoms with Gasteiger partial charge in [0.2, 0.25) is 0 Å². The van der Waals surface area contributed by atoms with Crippen LogP contribution in [0.5, 0.6) is 5.75 Å². The molecular weight excluding hydrogens is 457 g/mol. The zero-order valence-electron chi connectivity index (χ0n) is 12.0. The van der Waals surface area contributed by atoms with Crippen molar-refractivity contribution in [2.45, 2.75) is 6.18 Å². The summed E-state index contributed by atoms with van der Waals surface area (Å²) in [4.78, 5) is 12.0. The van der Waals surface area contributed by atoms with E-state index in [1.54, 1.807) is 12.1 Å². The number of carbonyl (C=O) groups is 1. The third-order valence-corrected chi connectivity index (χ3v) is 4.10. The predicted octanol–water partition coefficient (Wildman–Crippen LogP) is 4.91. The summed E-state index contributed by atoms with van der Waals surface area (Å²) >= 11 is 6.69. The van der Waals surface area contributed by atoms with Gasteiger partial charge in [0.25, 0.3) is 5.91 Å².